The summed E-state index contributed by atoms with van der Waals surface area (Å²) < 4.78 is 4.74. The average molecular weight is 198 g/mol. The van der Waals surface area contributed by atoms with Gasteiger partial charge in [-0.25, -0.2) is 0 Å². The van der Waals surface area contributed by atoms with Gasteiger partial charge >= 0.3 is 5.97 Å². The molecular formula is C11H18O3. The Morgan fingerprint density at radius 2 is 1.79 bits per heavy atom. The zero-order valence-corrected chi connectivity index (χ0v) is 8.91. The maximum atomic E-state index is 10.6. The molecule has 0 aliphatic heterocycles. The highest BCUT2D eigenvalue weighted by Crippen LogP contribution is 1.98. The summed E-state index contributed by atoms with van der Waals surface area (Å²) >= 11 is 0. The molecule has 0 bridgehead atoms. The van der Waals surface area contributed by atoms with Crippen LogP contribution in [0.25, 0.3) is 0 Å². The molecule has 0 unspecified atom stereocenters. The topological polar surface area (TPSA) is 43.4 Å². The summed E-state index contributed by atoms with van der Waals surface area (Å²) in [6, 6.07) is 0. The quantitative estimate of drug-likeness (QED) is 0.358. The van der Waals surface area contributed by atoms with Crippen LogP contribution < -0.4 is 0 Å². The highest BCUT2D eigenvalue weighted by Gasteiger charge is 1.91. The van der Waals surface area contributed by atoms with Gasteiger partial charge in [0, 0.05) is 13.3 Å². The molecule has 0 aromatic heterocycles. The van der Waals surface area contributed by atoms with Crippen molar-refractivity contribution >= 4 is 11.8 Å². The average Bonchev–Trinajstić information content (AvgIpc) is 2.08. The number of allylic oxidation sites excluding steroid dienone is 1. The van der Waals surface area contributed by atoms with Crippen LogP contribution in [-0.4, -0.2) is 18.4 Å². The second kappa shape index (κ2) is 8.48. The number of hydrogen-bond donors (Lipinski definition) is 0. The number of carbonyl (C=O) groups excluding carboxylic acids is 2. The van der Waals surface area contributed by atoms with Gasteiger partial charge in [-0.1, -0.05) is 12.2 Å². The first-order chi connectivity index (χ1) is 6.63. The summed E-state index contributed by atoms with van der Waals surface area (Å²) in [4.78, 5) is 20.9. The highest BCUT2D eigenvalue weighted by molar-refractivity contribution is 5.75. The smallest absolute Gasteiger partial charge is 0.302 e. The van der Waals surface area contributed by atoms with E-state index in [9.17, 15) is 9.59 Å². The third-order valence-corrected chi connectivity index (χ3v) is 1.66. The van der Waals surface area contributed by atoms with Crippen molar-refractivity contribution < 1.29 is 14.3 Å². The first-order valence-electron chi connectivity index (χ1n) is 4.90. The van der Waals surface area contributed by atoms with E-state index in [1.807, 2.05) is 12.2 Å². The van der Waals surface area contributed by atoms with Gasteiger partial charge in [0.25, 0.3) is 0 Å². The van der Waals surface area contributed by atoms with Gasteiger partial charge in [0.1, 0.15) is 5.78 Å². The summed E-state index contributed by atoms with van der Waals surface area (Å²) in [6.07, 6.45) is 7.21. The normalized spacial score (nSPS) is 10.4. The van der Waals surface area contributed by atoms with E-state index in [0.717, 1.165) is 19.3 Å². The molecule has 0 saturated heterocycles. The number of esters is 1. The van der Waals surface area contributed by atoms with Crippen LogP contribution >= 0.6 is 0 Å². The zero-order chi connectivity index (χ0) is 10.8. The Kier molecular flexibility index (Phi) is 7.80. The van der Waals surface area contributed by atoms with E-state index >= 15 is 0 Å². The number of unbranched alkanes of at least 4 members (excludes halogenated alkanes) is 1. The first kappa shape index (κ1) is 12.9. The van der Waals surface area contributed by atoms with Gasteiger partial charge in [0.05, 0.1) is 6.61 Å². The van der Waals surface area contributed by atoms with E-state index in [2.05, 4.69) is 0 Å². The van der Waals surface area contributed by atoms with Crippen molar-refractivity contribution in [1.82, 2.24) is 0 Å². The van der Waals surface area contributed by atoms with E-state index < -0.39 is 0 Å². The third-order valence-electron chi connectivity index (χ3n) is 1.66. The molecule has 0 aromatic rings. The zero-order valence-electron chi connectivity index (χ0n) is 8.91. The summed E-state index contributed by atoms with van der Waals surface area (Å²) in [6.45, 7) is 3.44. The maximum Gasteiger partial charge on any atom is 0.302 e. The Morgan fingerprint density at radius 3 is 2.36 bits per heavy atom. The molecule has 80 valence electrons. The molecule has 3 nitrogen and oxygen atoms in total. The fourth-order valence-electron chi connectivity index (χ4n) is 0.975. The van der Waals surface area contributed by atoms with E-state index in [4.69, 9.17) is 4.74 Å². The Labute approximate surface area is 85.1 Å². The minimum absolute atomic E-state index is 0.235. The van der Waals surface area contributed by atoms with Crippen molar-refractivity contribution in [2.45, 2.75) is 39.5 Å². The number of ketones is 1. The van der Waals surface area contributed by atoms with E-state index in [1.54, 1.807) is 6.92 Å². The lowest BCUT2D eigenvalue weighted by Gasteiger charge is -1.96. The molecule has 0 rings (SSSR count). The molecule has 0 radical (unpaired) electrons. The molecule has 0 fully saturated rings. The minimum Gasteiger partial charge on any atom is -0.466 e. The van der Waals surface area contributed by atoms with Gasteiger partial charge in [-0.2, -0.15) is 0 Å². The number of hydrogen-bond acceptors (Lipinski definition) is 3. The van der Waals surface area contributed by atoms with Crippen LogP contribution in [0.4, 0.5) is 0 Å². The number of rotatable bonds is 7. The van der Waals surface area contributed by atoms with Crippen LogP contribution in [0.15, 0.2) is 12.2 Å². The fourth-order valence-corrected chi connectivity index (χ4v) is 0.975. The predicted octanol–water partition coefficient (Wildman–Crippen LogP) is 2.26. The largest absolute Gasteiger partial charge is 0.466 e. The van der Waals surface area contributed by atoms with Crippen LogP contribution in [0.5, 0.6) is 0 Å². The SMILES string of the molecule is CC(=O)CCC/C=C/CCOC(C)=O. The van der Waals surface area contributed by atoms with Crippen LogP contribution in [0.2, 0.25) is 0 Å². The maximum absolute atomic E-state index is 10.6. The molecule has 0 aromatic carbocycles. The Bertz CT molecular complexity index is 185. The predicted molar refractivity (Wildman–Crippen MR) is 54.9 cm³/mol. The summed E-state index contributed by atoms with van der Waals surface area (Å²) in [5.41, 5.74) is 0. The Morgan fingerprint density at radius 1 is 1.14 bits per heavy atom. The van der Waals surface area contributed by atoms with E-state index in [1.165, 1.54) is 6.92 Å². The molecule has 0 amide bonds. The highest BCUT2D eigenvalue weighted by atomic mass is 16.5. The first-order valence-corrected chi connectivity index (χ1v) is 4.90. The fraction of sp³-hybridized carbons (Fsp3) is 0.636. The van der Waals surface area contributed by atoms with Crippen LogP contribution in [0.1, 0.15) is 39.5 Å². The molecule has 0 aliphatic carbocycles. The molecule has 0 aliphatic rings. The molecule has 0 saturated carbocycles. The van der Waals surface area contributed by atoms with Crippen molar-refractivity contribution in [2.75, 3.05) is 6.61 Å². The van der Waals surface area contributed by atoms with Crippen molar-refractivity contribution in [3.05, 3.63) is 12.2 Å². The second-order valence-electron chi connectivity index (χ2n) is 3.19. The number of Topliss-reactive ketones (excluding diaryl/α,β-unsaturated/α-hetero) is 1. The van der Waals surface area contributed by atoms with E-state index in [-0.39, 0.29) is 11.8 Å². The van der Waals surface area contributed by atoms with Gasteiger partial charge in [-0.15, -0.1) is 0 Å². The molecule has 0 spiro atoms. The molecular weight excluding hydrogens is 180 g/mol. The van der Waals surface area contributed by atoms with Crippen LogP contribution in [0.3, 0.4) is 0 Å². The number of ether oxygens (including phenoxy) is 1. The van der Waals surface area contributed by atoms with Crippen LogP contribution in [0, 0.1) is 0 Å². The summed E-state index contributed by atoms with van der Waals surface area (Å²) in [5, 5.41) is 0. The van der Waals surface area contributed by atoms with Crippen molar-refractivity contribution in [3.8, 4) is 0 Å². The van der Waals surface area contributed by atoms with Gasteiger partial charge in [-0.05, 0) is 26.2 Å². The van der Waals surface area contributed by atoms with Crippen molar-refractivity contribution in [3.63, 3.8) is 0 Å². The molecule has 3 heteroatoms. The molecule has 0 atom stereocenters. The van der Waals surface area contributed by atoms with Gasteiger partial charge in [0.2, 0.25) is 0 Å². The Balaban J connectivity index is 3.19. The third kappa shape index (κ3) is 10.9. The lowest BCUT2D eigenvalue weighted by molar-refractivity contribution is -0.140. The van der Waals surface area contributed by atoms with Crippen molar-refractivity contribution in [1.29, 1.82) is 0 Å². The summed E-state index contributed by atoms with van der Waals surface area (Å²) in [5.74, 6) is -0.00621. The molecule has 0 N–H and O–H groups in total. The van der Waals surface area contributed by atoms with E-state index in [0.29, 0.717) is 13.0 Å². The molecule has 14 heavy (non-hydrogen) atoms. The Hall–Kier alpha value is -1.12. The number of carbonyl (C=O) groups is 2. The molecule has 0 heterocycles. The van der Waals surface area contributed by atoms with Crippen LogP contribution in [-0.2, 0) is 14.3 Å². The monoisotopic (exact) mass is 198 g/mol. The lowest BCUT2D eigenvalue weighted by Crippen LogP contribution is -1.98. The van der Waals surface area contributed by atoms with Crippen molar-refractivity contribution in [2.24, 2.45) is 0 Å². The lowest BCUT2D eigenvalue weighted by atomic mass is 10.2. The standard InChI is InChI=1S/C11H18O3/c1-10(12)8-6-4-3-5-7-9-14-11(2)13/h3,5H,4,6-9H2,1-2H3/b5-3+. The summed E-state index contributed by atoms with van der Waals surface area (Å²) in [7, 11) is 0. The van der Waals surface area contributed by atoms with Gasteiger partial charge < -0.3 is 9.53 Å². The van der Waals surface area contributed by atoms with Gasteiger partial charge in [-0.3, -0.25) is 4.79 Å². The second-order valence-corrected chi connectivity index (χ2v) is 3.19. The minimum atomic E-state index is -0.241. The van der Waals surface area contributed by atoms with Gasteiger partial charge in [0.15, 0.2) is 0 Å².